The number of rotatable bonds is 1. The van der Waals surface area contributed by atoms with Crippen LogP contribution in [0.25, 0.3) is 0 Å². The van der Waals surface area contributed by atoms with Crippen LogP contribution in [0.4, 0.5) is 0 Å². The van der Waals surface area contributed by atoms with Crippen molar-refractivity contribution in [2.75, 3.05) is 12.5 Å². The average molecular weight is 137 g/mol. The lowest BCUT2D eigenvalue weighted by Crippen LogP contribution is -2.24. The molecular formula is C5H9ClO2. The van der Waals surface area contributed by atoms with E-state index in [1.54, 1.807) is 0 Å². The lowest BCUT2D eigenvalue weighted by atomic mass is 10.1. The molecule has 1 heterocycles. The Bertz CT molecular complexity index is 78.5. The van der Waals surface area contributed by atoms with Gasteiger partial charge in [0.05, 0.1) is 12.5 Å². The fourth-order valence-corrected chi connectivity index (χ4v) is 0.750. The molecule has 8 heavy (non-hydrogen) atoms. The molecule has 0 aromatic carbocycles. The largest absolute Gasteiger partial charge is 0.236 e. The molecule has 0 saturated carbocycles. The molecule has 0 bridgehead atoms. The Morgan fingerprint density at radius 3 is 2.75 bits per heavy atom. The van der Waals surface area contributed by atoms with E-state index in [1.807, 2.05) is 6.92 Å². The highest BCUT2D eigenvalue weighted by atomic mass is 35.5. The van der Waals surface area contributed by atoms with E-state index in [0.717, 1.165) is 6.42 Å². The number of hydrogen-bond donors (Lipinski definition) is 0. The Hall–Kier alpha value is 0.210. The molecule has 0 aromatic heterocycles. The lowest BCUT2D eigenvalue weighted by Gasteiger charge is -2.14. The third kappa shape index (κ3) is 1.13. The minimum Gasteiger partial charge on any atom is -0.236 e. The van der Waals surface area contributed by atoms with Crippen LogP contribution in [-0.2, 0) is 9.78 Å². The maximum atomic E-state index is 5.54. The Labute approximate surface area is 53.7 Å². The zero-order valence-electron chi connectivity index (χ0n) is 4.82. The summed E-state index contributed by atoms with van der Waals surface area (Å²) in [4.78, 5) is 9.52. The second-order valence-corrected chi connectivity index (χ2v) is 2.51. The third-order valence-corrected chi connectivity index (χ3v) is 1.82. The van der Waals surface area contributed by atoms with Gasteiger partial charge in [0.15, 0.2) is 0 Å². The average Bonchev–Trinajstić information content (AvgIpc) is 2.17. The molecule has 2 nitrogen and oxygen atoms in total. The van der Waals surface area contributed by atoms with Crippen molar-refractivity contribution in [3.05, 3.63) is 0 Å². The van der Waals surface area contributed by atoms with Crippen molar-refractivity contribution < 1.29 is 9.78 Å². The molecular weight excluding hydrogens is 128 g/mol. The summed E-state index contributed by atoms with van der Waals surface area (Å²) in [6, 6.07) is 0. The van der Waals surface area contributed by atoms with Gasteiger partial charge < -0.3 is 0 Å². The molecule has 0 N–H and O–H groups in total. The fourth-order valence-electron chi connectivity index (χ4n) is 0.572. The summed E-state index contributed by atoms with van der Waals surface area (Å²) in [5, 5.41) is 0. The lowest BCUT2D eigenvalue weighted by molar-refractivity contribution is -0.298. The van der Waals surface area contributed by atoms with Gasteiger partial charge >= 0.3 is 0 Å². The zero-order chi connectivity index (χ0) is 6.04. The molecule has 0 amide bonds. The molecule has 3 heteroatoms. The SMILES string of the molecule is CC1(CCl)CCOO1. The van der Waals surface area contributed by atoms with Crippen LogP contribution < -0.4 is 0 Å². The Balaban J connectivity index is 2.40. The summed E-state index contributed by atoms with van der Waals surface area (Å²) >= 11 is 5.54. The molecule has 1 rings (SSSR count). The van der Waals surface area contributed by atoms with E-state index in [1.165, 1.54) is 0 Å². The van der Waals surface area contributed by atoms with E-state index in [4.69, 9.17) is 16.5 Å². The third-order valence-electron chi connectivity index (χ3n) is 1.26. The van der Waals surface area contributed by atoms with Gasteiger partial charge in [-0.05, 0) is 6.92 Å². The number of hydrogen-bond acceptors (Lipinski definition) is 2. The van der Waals surface area contributed by atoms with Crippen molar-refractivity contribution in [1.29, 1.82) is 0 Å². The van der Waals surface area contributed by atoms with Crippen LogP contribution in [0.15, 0.2) is 0 Å². The standard InChI is InChI=1S/C5H9ClO2/c1-5(4-6)2-3-7-8-5/h2-4H2,1H3. The van der Waals surface area contributed by atoms with Gasteiger partial charge in [-0.15, -0.1) is 11.6 Å². The first kappa shape index (κ1) is 6.33. The summed E-state index contributed by atoms with van der Waals surface area (Å²) < 4.78 is 0. The molecule has 0 spiro atoms. The van der Waals surface area contributed by atoms with Gasteiger partial charge in [0.1, 0.15) is 5.60 Å². The monoisotopic (exact) mass is 136 g/mol. The highest BCUT2D eigenvalue weighted by molar-refractivity contribution is 6.18. The Morgan fingerprint density at radius 2 is 2.50 bits per heavy atom. The molecule has 1 aliphatic rings. The molecule has 1 unspecified atom stereocenters. The summed E-state index contributed by atoms with van der Waals surface area (Å²) in [6.45, 7) is 2.61. The van der Waals surface area contributed by atoms with E-state index >= 15 is 0 Å². The quantitative estimate of drug-likeness (QED) is 0.400. The van der Waals surface area contributed by atoms with E-state index in [9.17, 15) is 0 Å². The molecule has 0 aromatic rings. The maximum Gasteiger partial charge on any atom is 0.116 e. The normalized spacial score (nSPS) is 38.2. The highest BCUT2D eigenvalue weighted by Crippen LogP contribution is 2.23. The Morgan fingerprint density at radius 1 is 1.75 bits per heavy atom. The van der Waals surface area contributed by atoms with Crippen LogP contribution in [0.2, 0.25) is 0 Å². The van der Waals surface area contributed by atoms with Crippen LogP contribution >= 0.6 is 11.6 Å². The number of alkyl halides is 1. The molecule has 1 fully saturated rings. The molecule has 48 valence electrons. The molecule has 0 radical (unpaired) electrons. The summed E-state index contributed by atoms with van der Waals surface area (Å²) in [7, 11) is 0. The van der Waals surface area contributed by atoms with Crippen LogP contribution in [0, 0.1) is 0 Å². The van der Waals surface area contributed by atoms with Gasteiger partial charge in [-0.3, -0.25) is 0 Å². The van der Waals surface area contributed by atoms with Crippen LogP contribution in [0.1, 0.15) is 13.3 Å². The van der Waals surface area contributed by atoms with Crippen molar-refractivity contribution in [3.8, 4) is 0 Å². The first-order valence-electron chi connectivity index (χ1n) is 2.63. The van der Waals surface area contributed by atoms with Crippen molar-refractivity contribution in [2.45, 2.75) is 18.9 Å². The zero-order valence-corrected chi connectivity index (χ0v) is 5.57. The van der Waals surface area contributed by atoms with Gasteiger partial charge in [-0.25, -0.2) is 9.78 Å². The summed E-state index contributed by atoms with van der Waals surface area (Å²) in [5.74, 6) is 0.507. The first-order chi connectivity index (χ1) is 3.77. The van der Waals surface area contributed by atoms with E-state index in [-0.39, 0.29) is 5.60 Å². The van der Waals surface area contributed by atoms with Crippen molar-refractivity contribution in [3.63, 3.8) is 0 Å². The summed E-state index contributed by atoms with van der Waals surface area (Å²) in [6.07, 6.45) is 0.899. The van der Waals surface area contributed by atoms with Crippen LogP contribution in [0.5, 0.6) is 0 Å². The second kappa shape index (κ2) is 2.21. The Kier molecular flexibility index (Phi) is 1.75. The van der Waals surface area contributed by atoms with Crippen molar-refractivity contribution >= 4 is 11.6 Å². The minimum atomic E-state index is -0.221. The van der Waals surface area contributed by atoms with Gasteiger partial charge in [0.2, 0.25) is 0 Å². The molecule has 1 saturated heterocycles. The van der Waals surface area contributed by atoms with E-state index < -0.39 is 0 Å². The molecule has 0 aliphatic carbocycles. The van der Waals surface area contributed by atoms with Crippen LogP contribution in [-0.4, -0.2) is 18.1 Å². The highest BCUT2D eigenvalue weighted by Gasteiger charge is 2.30. The van der Waals surface area contributed by atoms with Gasteiger partial charge in [-0.1, -0.05) is 0 Å². The minimum absolute atomic E-state index is 0.221. The van der Waals surface area contributed by atoms with Gasteiger partial charge in [0.25, 0.3) is 0 Å². The topological polar surface area (TPSA) is 18.5 Å². The first-order valence-corrected chi connectivity index (χ1v) is 3.17. The van der Waals surface area contributed by atoms with Crippen LogP contribution in [0.3, 0.4) is 0 Å². The smallest absolute Gasteiger partial charge is 0.116 e. The van der Waals surface area contributed by atoms with E-state index in [2.05, 4.69) is 4.89 Å². The fraction of sp³-hybridized carbons (Fsp3) is 1.00. The predicted molar refractivity (Wildman–Crippen MR) is 30.8 cm³/mol. The van der Waals surface area contributed by atoms with Crippen molar-refractivity contribution in [2.24, 2.45) is 0 Å². The predicted octanol–water partition coefficient (Wildman–Crippen LogP) is 1.34. The molecule has 1 atom stereocenters. The van der Waals surface area contributed by atoms with Crippen molar-refractivity contribution in [1.82, 2.24) is 0 Å². The van der Waals surface area contributed by atoms with Gasteiger partial charge in [0, 0.05) is 6.42 Å². The second-order valence-electron chi connectivity index (χ2n) is 2.24. The maximum absolute atomic E-state index is 5.54. The number of halogens is 1. The van der Waals surface area contributed by atoms with E-state index in [0.29, 0.717) is 12.5 Å². The molecule has 1 aliphatic heterocycles. The summed E-state index contributed by atoms with van der Waals surface area (Å²) in [5.41, 5.74) is -0.221. The van der Waals surface area contributed by atoms with Gasteiger partial charge in [-0.2, -0.15) is 0 Å².